The van der Waals surface area contributed by atoms with Gasteiger partial charge in [0, 0.05) is 5.02 Å². The maximum absolute atomic E-state index is 13.6. The average Bonchev–Trinajstić information content (AvgIpc) is 2.76. The fraction of sp³-hybridized carbons (Fsp3) is 0.355. The van der Waals surface area contributed by atoms with Crippen molar-refractivity contribution in [2.24, 2.45) is 5.92 Å². The summed E-state index contributed by atoms with van der Waals surface area (Å²) in [6.07, 6.45) is 8.84. The van der Waals surface area contributed by atoms with Gasteiger partial charge in [0.15, 0.2) is 0 Å². The van der Waals surface area contributed by atoms with Gasteiger partial charge in [-0.15, -0.1) is 12.3 Å². The molecule has 0 heterocycles. The highest BCUT2D eigenvalue weighted by Crippen LogP contribution is 2.30. The SMILES string of the molecule is C#CC.Cc1ccc(C(C)CC(CCc2ccc(Cl)cc2C)Cc2ccc(F)cc2C)cc1. The minimum atomic E-state index is -0.155. The third-order valence-corrected chi connectivity index (χ3v) is 6.51. The number of benzene rings is 3. The second-order valence-corrected chi connectivity index (χ2v) is 9.52. The first-order valence-electron chi connectivity index (χ1n) is 11.7. The fourth-order valence-electron chi connectivity index (χ4n) is 4.33. The zero-order valence-corrected chi connectivity index (χ0v) is 21.3. The number of terminal acetylenes is 1. The van der Waals surface area contributed by atoms with Crippen LogP contribution >= 0.6 is 11.6 Å². The summed E-state index contributed by atoms with van der Waals surface area (Å²) in [4.78, 5) is 0. The quantitative estimate of drug-likeness (QED) is 0.293. The molecule has 0 aromatic heterocycles. The number of hydrogen-bond donors (Lipinski definition) is 0. The normalized spacial score (nSPS) is 12.3. The first kappa shape index (κ1) is 26.7. The first-order chi connectivity index (χ1) is 15.7. The van der Waals surface area contributed by atoms with Gasteiger partial charge in [0.05, 0.1) is 0 Å². The molecule has 0 N–H and O–H groups in total. The number of halogens is 2. The summed E-state index contributed by atoms with van der Waals surface area (Å²) in [5, 5.41) is 0.794. The molecule has 3 aromatic rings. The lowest BCUT2D eigenvalue weighted by Crippen LogP contribution is -2.12. The van der Waals surface area contributed by atoms with E-state index in [9.17, 15) is 4.39 Å². The van der Waals surface area contributed by atoms with Crippen LogP contribution in [0.25, 0.3) is 0 Å². The maximum atomic E-state index is 13.6. The van der Waals surface area contributed by atoms with Crippen LogP contribution in [0.2, 0.25) is 5.02 Å². The van der Waals surface area contributed by atoms with Crippen molar-refractivity contribution < 1.29 is 4.39 Å². The van der Waals surface area contributed by atoms with Crippen LogP contribution in [0.5, 0.6) is 0 Å². The molecule has 0 aliphatic rings. The smallest absolute Gasteiger partial charge is 0.123 e. The van der Waals surface area contributed by atoms with E-state index in [4.69, 9.17) is 11.6 Å². The standard InChI is InChI=1S/C28H32ClF.C3H4/c1-19-5-8-24(9-6-19)20(2)15-23(18-26-12-14-28(30)17-22(26)4)7-10-25-11-13-27(29)16-21(25)3;1-3-2/h5-6,8-9,11-14,16-17,20,23H,7,10,15,18H2,1-4H3;1H,2H3. The van der Waals surface area contributed by atoms with Crippen LogP contribution in [0.4, 0.5) is 4.39 Å². The molecule has 0 bridgehead atoms. The van der Waals surface area contributed by atoms with Crippen LogP contribution in [0.15, 0.2) is 60.7 Å². The molecule has 33 heavy (non-hydrogen) atoms. The molecule has 0 radical (unpaired) electrons. The molecule has 3 rings (SSSR count). The number of aryl methyl sites for hydroxylation is 4. The van der Waals surface area contributed by atoms with Crippen LogP contribution in [-0.4, -0.2) is 0 Å². The molecule has 2 heteroatoms. The summed E-state index contributed by atoms with van der Waals surface area (Å²) in [6.45, 7) is 10.3. The largest absolute Gasteiger partial charge is 0.207 e. The van der Waals surface area contributed by atoms with Gasteiger partial charge in [-0.2, -0.15) is 0 Å². The van der Waals surface area contributed by atoms with Crippen molar-refractivity contribution >= 4 is 11.6 Å². The molecule has 0 fully saturated rings. The van der Waals surface area contributed by atoms with Crippen LogP contribution in [0.1, 0.15) is 66.0 Å². The van der Waals surface area contributed by atoms with Crippen LogP contribution in [0, 0.1) is 44.9 Å². The van der Waals surface area contributed by atoms with E-state index < -0.39 is 0 Å². The van der Waals surface area contributed by atoms with Crippen molar-refractivity contribution in [1.29, 1.82) is 0 Å². The molecule has 0 saturated heterocycles. The summed E-state index contributed by atoms with van der Waals surface area (Å²) in [7, 11) is 0. The van der Waals surface area contributed by atoms with Crippen LogP contribution in [-0.2, 0) is 12.8 Å². The molecule has 174 valence electrons. The van der Waals surface area contributed by atoms with Crippen LogP contribution < -0.4 is 0 Å². The molecule has 0 saturated carbocycles. The molecule has 0 aliphatic carbocycles. The summed E-state index contributed by atoms with van der Waals surface area (Å²) >= 11 is 6.13. The van der Waals surface area contributed by atoms with E-state index in [1.54, 1.807) is 19.1 Å². The Labute approximate surface area is 205 Å². The summed E-state index contributed by atoms with van der Waals surface area (Å²) < 4.78 is 13.6. The molecule has 0 nitrogen and oxygen atoms in total. The Hall–Kier alpha value is -2.56. The van der Waals surface area contributed by atoms with Crippen molar-refractivity contribution in [3.05, 3.63) is 105 Å². The predicted octanol–water partition coefficient (Wildman–Crippen LogP) is 9.03. The Bertz CT molecular complexity index is 1060. The number of rotatable bonds is 8. The van der Waals surface area contributed by atoms with Gasteiger partial charge in [-0.3, -0.25) is 0 Å². The van der Waals surface area contributed by atoms with Gasteiger partial charge in [-0.1, -0.05) is 60.5 Å². The van der Waals surface area contributed by atoms with E-state index in [1.807, 2.05) is 25.1 Å². The second-order valence-electron chi connectivity index (χ2n) is 9.09. The van der Waals surface area contributed by atoms with Gasteiger partial charge < -0.3 is 0 Å². The Morgan fingerprint density at radius 1 is 0.909 bits per heavy atom. The maximum Gasteiger partial charge on any atom is 0.123 e. The lowest BCUT2D eigenvalue weighted by atomic mass is 9.82. The number of hydrogen-bond acceptors (Lipinski definition) is 0. The Balaban J connectivity index is 0.00000122. The van der Waals surface area contributed by atoms with Gasteiger partial charge >= 0.3 is 0 Å². The minimum absolute atomic E-state index is 0.155. The van der Waals surface area contributed by atoms with E-state index in [2.05, 4.69) is 63.4 Å². The molecule has 3 aromatic carbocycles. The second kappa shape index (κ2) is 13.2. The third kappa shape index (κ3) is 8.71. The van der Waals surface area contributed by atoms with Gasteiger partial charge in [0.25, 0.3) is 0 Å². The molecule has 2 unspecified atom stereocenters. The first-order valence-corrected chi connectivity index (χ1v) is 12.0. The fourth-order valence-corrected chi connectivity index (χ4v) is 4.56. The van der Waals surface area contributed by atoms with E-state index >= 15 is 0 Å². The zero-order chi connectivity index (χ0) is 24.4. The van der Waals surface area contributed by atoms with Gasteiger partial charge in [0.2, 0.25) is 0 Å². The van der Waals surface area contributed by atoms with Gasteiger partial charge in [-0.05, 0) is 117 Å². The molecule has 0 amide bonds. The van der Waals surface area contributed by atoms with E-state index in [0.717, 1.165) is 36.3 Å². The van der Waals surface area contributed by atoms with Crippen molar-refractivity contribution in [1.82, 2.24) is 0 Å². The van der Waals surface area contributed by atoms with Crippen molar-refractivity contribution in [3.63, 3.8) is 0 Å². The zero-order valence-electron chi connectivity index (χ0n) is 20.6. The average molecular weight is 463 g/mol. The summed E-state index contributed by atoms with van der Waals surface area (Å²) in [5.74, 6) is 3.11. The summed E-state index contributed by atoms with van der Waals surface area (Å²) in [5.41, 5.74) is 7.61. The van der Waals surface area contributed by atoms with E-state index in [0.29, 0.717) is 11.8 Å². The van der Waals surface area contributed by atoms with Crippen molar-refractivity contribution in [2.45, 2.75) is 66.2 Å². The lowest BCUT2D eigenvalue weighted by Gasteiger charge is -2.23. The Kier molecular flexibility index (Phi) is 10.7. The molecule has 0 aliphatic heterocycles. The Morgan fingerprint density at radius 2 is 1.52 bits per heavy atom. The Morgan fingerprint density at radius 3 is 2.12 bits per heavy atom. The van der Waals surface area contributed by atoms with E-state index in [1.165, 1.54) is 27.8 Å². The van der Waals surface area contributed by atoms with Crippen molar-refractivity contribution in [3.8, 4) is 12.3 Å². The highest BCUT2D eigenvalue weighted by molar-refractivity contribution is 6.30. The molecular formula is C31H36ClF. The molecular weight excluding hydrogens is 427 g/mol. The lowest BCUT2D eigenvalue weighted by molar-refractivity contribution is 0.415. The van der Waals surface area contributed by atoms with Gasteiger partial charge in [0.1, 0.15) is 5.82 Å². The monoisotopic (exact) mass is 462 g/mol. The highest BCUT2D eigenvalue weighted by atomic mass is 35.5. The van der Waals surface area contributed by atoms with Crippen molar-refractivity contribution in [2.75, 3.05) is 0 Å². The predicted molar refractivity (Wildman–Crippen MR) is 142 cm³/mol. The third-order valence-electron chi connectivity index (χ3n) is 6.27. The van der Waals surface area contributed by atoms with E-state index in [-0.39, 0.29) is 5.82 Å². The van der Waals surface area contributed by atoms with Crippen LogP contribution in [0.3, 0.4) is 0 Å². The minimum Gasteiger partial charge on any atom is -0.207 e. The molecule has 2 atom stereocenters. The van der Waals surface area contributed by atoms with Gasteiger partial charge in [-0.25, -0.2) is 4.39 Å². The summed E-state index contributed by atoms with van der Waals surface area (Å²) in [6, 6.07) is 20.3. The molecule has 0 spiro atoms. The highest BCUT2D eigenvalue weighted by Gasteiger charge is 2.17. The topological polar surface area (TPSA) is 0 Å².